The highest BCUT2D eigenvalue weighted by atomic mass is 19.1. The molecule has 0 aliphatic carbocycles. The highest BCUT2D eigenvalue weighted by molar-refractivity contribution is 5.97. The lowest BCUT2D eigenvalue weighted by Crippen LogP contribution is -2.28. The summed E-state index contributed by atoms with van der Waals surface area (Å²) in [4.78, 5) is 13.3. The van der Waals surface area contributed by atoms with Gasteiger partial charge in [-0.15, -0.1) is 0 Å². The Morgan fingerprint density at radius 3 is 2.76 bits per heavy atom. The van der Waals surface area contributed by atoms with Gasteiger partial charge >= 0.3 is 0 Å². The number of carbonyl (C=O) groups excluding carboxylic acids is 1. The number of hydrogen-bond donors (Lipinski definition) is 1. The molecular formula is C15H19FN2O3. The maximum atomic E-state index is 13.6. The largest absolute Gasteiger partial charge is 0.507 e. The lowest BCUT2D eigenvalue weighted by molar-refractivity contribution is 0.101. The van der Waals surface area contributed by atoms with Crippen LogP contribution in [0.2, 0.25) is 0 Å². The molecule has 0 amide bonds. The van der Waals surface area contributed by atoms with E-state index in [1.54, 1.807) is 7.11 Å². The Morgan fingerprint density at radius 1 is 1.48 bits per heavy atom. The molecule has 1 aromatic rings. The first-order chi connectivity index (χ1) is 9.99. The van der Waals surface area contributed by atoms with Crippen molar-refractivity contribution in [3.63, 3.8) is 0 Å². The molecule has 0 aliphatic heterocycles. The van der Waals surface area contributed by atoms with Gasteiger partial charge in [-0.1, -0.05) is 0 Å². The molecule has 0 heterocycles. The number of phenols is 1. The van der Waals surface area contributed by atoms with Crippen LogP contribution >= 0.6 is 0 Å². The van der Waals surface area contributed by atoms with Gasteiger partial charge in [0.05, 0.1) is 18.2 Å². The molecule has 0 atom stereocenters. The standard InChI is InChI=1S/C15H19FN2O3/c1-11(19)14-9-13(16)8-12(15(14)20)10-18(5-3-4-17)6-7-21-2/h8-9,20H,3,5-7,10H2,1-2H3. The average molecular weight is 294 g/mol. The molecule has 0 spiro atoms. The number of ketones is 1. The molecule has 0 bridgehead atoms. The number of Topliss-reactive ketones (excluding diaryl/α,β-unsaturated/α-hetero) is 1. The fraction of sp³-hybridized carbons (Fsp3) is 0.467. The molecule has 0 aromatic heterocycles. The van der Waals surface area contributed by atoms with Crippen LogP contribution in [-0.2, 0) is 11.3 Å². The zero-order valence-corrected chi connectivity index (χ0v) is 12.2. The Hall–Kier alpha value is -1.97. The number of carbonyl (C=O) groups is 1. The quantitative estimate of drug-likeness (QED) is 0.743. The third-order valence-electron chi connectivity index (χ3n) is 3.08. The van der Waals surface area contributed by atoms with Crippen LogP contribution < -0.4 is 0 Å². The molecule has 0 saturated carbocycles. The van der Waals surface area contributed by atoms with E-state index in [1.165, 1.54) is 13.0 Å². The van der Waals surface area contributed by atoms with E-state index in [4.69, 9.17) is 10.00 Å². The summed E-state index contributed by atoms with van der Waals surface area (Å²) in [5.41, 5.74) is 0.297. The van der Waals surface area contributed by atoms with Crippen molar-refractivity contribution in [1.29, 1.82) is 5.26 Å². The molecule has 5 nitrogen and oxygen atoms in total. The van der Waals surface area contributed by atoms with Gasteiger partial charge in [0.25, 0.3) is 0 Å². The van der Waals surface area contributed by atoms with E-state index in [0.29, 0.717) is 31.7 Å². The number of methoxy groups -OCH3 is 1. The summed E-state index contributed by atoms with van der Waals surface area (Å²) in [6.45, 7) is 3.00. The van der Waals surface area contributed by atoms with Gasteiger partial charge in [0.1, 0.15) is 11.6 Å². The van der Waals surface area contributed by atoms with Gasteiger partial charge in [-0.3, -0.25) is 9.69 Å². The van der Waals surface area contributed by atoms with E-state index in [-0.39, 0.29) is 17.9 Å². The molecule has 1 aromatic carbocycles. The Morgan fingerprint density at radius 2 is 2.19 bits per heavy atom. The first-order valence-electron chi connectivity index (χ1n) is 6.60. The van der Waals surface area contributed by atoms with Crippen LogP contribution in [-0.4, -0.2) is 42.6 Å². The van der Waals surface area contributed by atoms with Crippen molar-refractivity contribution in [2.75, 3.05) is 26.8 Å². The normalized spacial score (nSPS) is 10.6. The monoisotopic (exact) mass is 294 g/mol. The SMILES string of the molecule is COCCN(CCC#N)Cc1cc(F)cc(C(C)=O)c1O. The molecular weight excluding hydrogens is 275 g/mol. The maximum Gasteiger partial charge on any atom is 0.163 e. The summed E-state index contributed by atoms with van der Waals surface area (Å²) in [6.07, 6.45) is 0.319. The summed E-state index contributed by atoms with van der Waals surface area (Å²) in [7, 11) is 1.57. The minimum absolute atomic E-state index is 0.0306. The third-order valence-corrected chi connectivity index (χ3v) is 3.08. The van der Waals surface area contributed by atoms with Crippen LogP contribution in [0.25, 0.3) is 0 Å². The van der Waals surface area contributed by atoms with Crippen LogP contribution in [0.15, 0.2) is 12.1 Å². The molecule has 0 unspecified atom stereocenters. The van der Waals surface area contributed by atoms with Gasteiger partial charge in [-0.05, 0) is 19.1 Å². The number of benzene rings is 1. The van der Waals surface area contributed by atoms with Crippen molar-refractivity contribution in [2.45, 2.75) is 19.9 Å². The summed E-state index contributed by atoms with van der Waals surface area (Å²) < 4.78 is 18.6. The summed E-state index contributed by atoms with van der Waals surface area (Å²) in [6, 6.07) is 4.27. The minimum atomic E-state index is -0.569. The number of halogens is 1. The van der Waals surface area contributed by atoms with Crippen LogP contribution in [0.5, 0.6) is 5.75 Å². The number of phenolic OH excluding ortho intramolecular Hbond substituents is 1. The Labute approximate surface area is 123 Å². The van der Waals surface area contributed by atoms with Crippen LogP contribution in [0.3, 0.4) is 0 Å². The lowest BCUT2D eigenvalue weighted by Gasteiger charge is -2.21. The number of rotatable bonds is 8. The Kier molecular flexibility index (Phi) is 6.79. The predicted molar refractivity (Wildman–Crippen MR) is 75.5 cm³/mol. The topological polar surface area (TPSA) is 73.6 Å². The predicted octanol–water partition coefficient (Wildman–Crippen LogP) is 2.10. The van der Waals surface area contributed by atoms with E-state index in [2.05, 4.69) is 0 Å². The molecule has 1 N–H and O–H groups in total. The van der Waals surface area contributed by atoms with Crippen LogP contribution in [0.4, 0.5) is 4.39 Å². The van der Waals surface area contributed by atoms with Crippen molar-refractivity contribution < 1.29 is 19.0 Å². The number of nitriles is 1. The minimum Gasteiger partial charge on any atom is -0.507 e. The van der Waals surface area contributed by atoms with Gasteiger partial charge in [0, 0.05) is 38.7 Å². The van der Waals surface area contributed by atoms with Gasteiger partial charge in [0.2, 0.25) is 0 Å². The average Bonchev–Trinajstić information content (AvgIpc) is 2.44. The van der Waals surface area contributed by atoms with Crippen molar-refractivity contribution in [2.24, 2.45) is 0 Å². The molecule has 21 heavy (non-hydrogen) atoms. The second kappa shape index (κ2) is 8.35. The van der Waals surface area contributed by atoms with E-state index < -0.39 is 11.6 Å². The van der Waals surface area contributed by atoms with Gasteiger partial charge < -0.3 is 9.84 Å². The summed E-state index contributed by atoms with van der Waals surface area (Å²) in [5.74, 6) is -1.17. The van der Waals surface area contributed by atoms with Gasteiger partial charge in [0.15, 0.2) is 5.78 Å². The van der Waals surface area contributed by atoms with Gasteiger partial charge in [-0.2, -0.15) is 5.26 Å². The van der Waals surface area contributed by atoms with Crippen LogP contribution in [0, 0.1) is 17.1 Å². The van der Waals surface area contributed by atoms with E-state index in [1.807, 2.05) is 11.0 Å². The number of nitrogens with zero attached hydrogens (tertiary/aromatic N) is 2. The Bertz CT molecular complexity index is 540. The highest BCUT2D eigenvalue weighted by Gasteiger charge is 2.16. The summed E-state index contributed by atoms with van der Waals surface area (Å²) >= 11 is 0. The molecule has 0 saturated heterocycles. The van der Waals surface area contributed by atoms with E-state index in [9.17, 15) is 14.3 Å². The molecule has 6 heteroatoms. The third kappa shape index (κ3) is 5.14. The number of hydrogen-bond acceptors (Lipinski definition) is 5. The maximum absolute atomic E-state index is 13.6. The zero-order chi connectivity index (χ0) is 15.8. The van der Waals surface area contributed by atoms with Crippen LogP contribution in [0.1, 0.15) is 29.3 Å². The lowest BCUT2D eigenvalue weighted by atomic mass is 10.0. The Balaban J connectivity index is 2.96. The molecule has 114 valence electrons. The molecule has 1 rings (SSSR count). The van der Waals surface area contributed by atoms with E-state index >= 15 is 0 Å². The van der Waals surface area contributed by atoms with Crippen molar-refractivity contribution in [3.05, 3.63) is 29.1 Å². The van der Waals surface area contributed by atoms with Crippen molar-refractivity contribution in [1.82, 2.24) is 4.90 Å². The molecule has 0 fully saturated rings. The highest BCUT2D eigenvalue weighted by Crippen LogP contribution is 2.26. The van der Waals surface area contributed by atoms with E-state index in [0.717, 1.165) is 6.07 Å². The smallest absolute Gasteiger partial charge is 0.163 e. The first-order valence-corrected chi connectivity index (χ1v) is 6.60. The van der Waals surface area contributed by atoms with Crippen molar-refractivity contribution >= 4 is 5.78 Å². The zero-order valence-electron chi connectivity index (χ0n) is 12.2. The number of aromatic hydroxyl groups is 1. The fourth-order valence-electron chi connectivity index (χ4n) is 1.98. The fourth-order valence-corrected chi connectivity index (χ4v) is 1.98. The summed E-state index contributed by atoms with van der Waals surface area (Å²) in [5, 5.41) is 18.7. The first kappa shape index (κ1) is 17.1. The van der Waals surface area contributed by atoms with Crippen molar-refractivity contribution in [3.8, 4) is 11.8 Å². The molecule has 0 aliphatic rings. The van der Waals surface area contributed by atoms with Gasteiger partial charge in [-0.25, -0.2) is 4.39 Å². The molecule has 0 radical (unpaired) electrons. The second-order valence-electron chi connectivity index (χ2n) is 4.69. The second-order valence-corrected chi connectivity index (χ2v) is 4.69. The number of ether oxygens (including phenoxy) is 1.